The fraction of sp³-hybridized carbons (Fsp3) is 0.143. The third-order valence-electron chi connectivity index (χ3n) is 4.61. The number of nitrogens with zero attached hydrogens (tertiary/aromatic N) is 2. The van der Waals surface area contributed by atoms with Gasteiger partial charge in [0.05, 0.1) is 12.8 Å². The summed E-state index contributed by atoms with van der Waals surface area (Å²) in [6.45, 7) is -0.502. The molecular weight excluding hydrogens is 425 g/mol. The lowest BCUT2D eigenvalue weighted by molar-refractivity contribution is -0.117. The van der Waals surface area contributed by atoms with Gasteiger partial charge in [0, 0.05) is 11.8 Å². The van der Waals surface area contributed by atoms with E-state index in [4.69, 9.17) is 9.47 Å². The molecule has 2 heterocycles. The third-order valence-corrected chi connectivity index (χ3v) is 5.99. The summed E-state index contributed by atoms with van der Waals surface area (Å²) in [6.07, 6.45) is 1.56. The van der Waals surface area contributed by atoms with Crippen molar-refractivity contribution in [2.75, 3.05) is 18.0 Å². The fourth-order valence-electron chi connectivity index (χ4n) is 3.14. The van der Waals surface area contributed by atoms with Crippen molar-refractivity contribution in [1.29, 1.82) is 0 Å². The minimum atomic E-state index is -4.22. The number of benzene rings is 2. The van der Waals surface area contributed by atoms with Crippen LogP contribution in [0.5, 0.6) is 11.5 Å². The van der Waals surface area contributed by atoms with Gasteiger partial charge in [-0.05, 0) is 42.0 Å². The number of halogens is 1. The van der Waals surface area contributed by atoms with E-state index in [-0.39, 0.29) is 18.0 Å². The number of ether oxygens (including phenoxy) is 2. The molecule has 1 amide bonds. The molecule has 0 atom stereocenters. The molecular formula is C21H18FN3O5S. The van der Waals surface area contributed by atoms with E-state index < -0.39 is 28.5 Å². The van der Waals surface area contributed by atoms with Gasteiger partial charge >= 0.3 is 10.2 Å². The topological polar surface area (TPSA) is 97.8 Å². The summed E-state index contributed by atoms with van der Waals surface area (Å²) >= 11 is 0. The van der Waals surface area contributed by atoms with Crippen LogP contribution in [0.4, 0.5) is 10.1 Å². The lowest BCUT2D eigenvalue weighted by Gasteiger charge is -2.21. The third kappa shape index (κ3) is 4.29. The molecule has 0 unspecified atom stereocenters. The van der Waals surface area contributed by atoms with Crippen molar-refractivity contribution in [3.05, 3.63) is 72.2 Å². The molecule has 4 rings (SSSR count). The van der Waals surface area contributed by atoms with Gasteiger partial charge < -0.3 is 9.47 Å². The van der Waals surface area contributed by atoms with E-state index in [1.165, 1.54) is 6.07 Å². The second-order valence-corrected chi connectivity index (χ2v) is 8.29. The number of hydrogen-bond donors (Lipinski definition) is 1. The number of nitrogens with one attached hydrogen (secondary N) is 1. The maximum atomic E-state index is 15.2. The number of hydrogen-bond acceptors (Lipinski definition) is 6. The van der Waals surface area contributed by atoms with Crippen LogP contribution in [0.1, 0.15) is 5.56 Å². The van der Waals surface area contributed by atoms with Crippen molar-refractivity contribution in [2.24, 2.45) is 0 Å². The van der Waals surface area contributed by atoms with Crippen molar-refractivity contribution >= 4 is 21.8 Å². The van der Waals surface area contributed by atoms with Crippen LogP contribution < -0.4 is 18.5 Å². The SMILES string of the molecule is COc1ccc(COc2cc(-c3ccccn3)cc(F)c2N2CC(=O)NS2(=O)=O)cc1. The van der Waals surface area contributed by atoms with Gasteiger partial charge in [0.25, 0.3) is 5.91 Å². The van der Waals surface area contributed by atoms with E-state index >= 15 is 4.39 Å². The van der Waals surface area contributed by atoms with E-state index in [0.717, 1.165) is 11.6 Å². The van der Waals surface area contributed by atoms with Crippen LogP contribution in [0.2, 0.25) is 0 Å². The molecule has 8 nitrogen and oxygen atoms in total. The Balaban J connectivity index is 1.75. The Morgan fingerprint density at radius 1 is 1.16 bits per heavy atom. The van der Waals surface area contributed by atoms with E-state index in [9.17, 15) is 13.2 Å². The lowest BCUT2D eigenvalue weighted by atomic mass is 10.1. The lowest BCUT2D eigenvalue weighted by Crippen LogP contribution is -2.30. The molecule has 160 valence electrons. The number of pyridine rings is 1. The molecule has 10 heteroatoms. The molecule has 1 aliphatic rings. The highest BCUT2D eigenvalue weighted by atomic mass is 32.2. The zero-order valence-corrected chi connectivity index (χ0v) is 17.2. The molecule has 0 saturated carbocycles. The summed E-state index contributed by atoms with van der Waals surface area (Å²) in [5.74, 6) is -0.973. The molecule has 0 radical (unpaired) electrons. The molecule has 1 saturated heterocycles. The molecule has 0 aliphatic carbocycles. The van der Waals surface area contributed by atoms with Crippen LogP contribution in [-0.2, 0) is 21.6 Å². The number of methoxy groups -OCH3 is 1. The predicted molar refractivity (Wildman–Crippen MR) is 111 cm³/mol. The molecule has 31 heavy (non-hydrogen) atoms. The number of aromatic nitrogens is 1. The average molecular weight is 443 g/mol. The molecule has 1 aromatic heterocycles. The van der Waals surface area contributed by atoms with E-state index in [0.29, 0.717) is 21.3 Å². The van der Waals surface area contributed by atoms with Gasteiger partial charge in [-0.1, -0.05) is 18.2 Å². The van der Waals surface area contributed by atoms with Crippen molar-refractivity contribution in [2.45, 2.75) is 6.61 Å². The first-order valence-corrected chi connectivity index (χ1v) is 10.7. The number of carbonyl (C=O) groups is 1. The predicted octanol–water partition coefficient (Wildman–Crippen LogP) is 2.66. The molecule has 0 bridgehead atoms. The highest BCUT2D eigenvalue weighted by molar-refractivity contribution is 7.92. The second kappa shape index (κ2) is 8.23. The Bertz CT molecular complexity index is 1220. The molecule has 3 aromatic rings. The first-order chi connectivity index (χ1) is 14.9. The largest absolute Gasteiger partial charge is 0.497 e. The monoisotopic (exact) mass is 443 g/mol. The zero-order chi connectivity index (χ0) is 22.0. The summed E-state index contributed by atoms with van der Waals surface area (Å²) in [6, 6.07) is 14.9. The Hall–Kier alpha value is -3.66. The summed E-state index contributed by atoms with van der Waals surface area (Å²) < 4.78 is 53.3. The van der Waals surface area contributed by atoms with Gasteiger partial charge in [-0.25, -0.2) is 13.4 Å². The minimum Gasteiger partial charge on any atom is -0.497 e. The van der Waals surface area contributed by atoms with Crippen molar-refractivity contribution < 1.29 is 27.1 Å². The smallest absolute Gasteiger partial charge is 0.326 e. The fourth-order valence-corrected chi connectivity index (χ4v) is 4.30. The molecule has 0 spiro atoms. The Morgan fingerprint density at radius 2 is 1.94 bits per heavy atom. The normalized spacial score (nSPS) is 14.9. The van der Waals surface area contributed by atoms with Gasteiger partial charge in [0.2, 0.25) is 0 Å². The standard InChI is InChI=1S/C21H18FN3O5S/c1-29-16-7-5-14(6-8-16)13-30-19-11-15(18-4-2-3-9-23-18)10-17(22)21(19)25-12-20(26)24-31(25,27)28/h2-11H,12-13H2,1H3,(H,24,26). The maximum absolute atomic E-state index is 15.2. The van der Waals surface area contributed by atoms with Crippen molar-refractivity contribution in [3.63, 3.8) is 0 Å². The van der Waals surface area contributed by atoms with Gasteiger partial charge in [0.15, 0.2) is 5.82 Å². The maximum Gasteiger partial charge on any atom is 0.326 e. The number of anilines is 1. The van der Waals surface area contributed by atoms with Gasteiger partial charge in [0.1, 0.15) is 30.3 Å². The first kappa shape index (κ1) is 20.6. The van der Waals surface area contributed by atoms with Crippen LogP contribution in [-0.4, -0.2) is 33.0 Å². The summed E-state index contributed by atoms with van der Waals surface area (Å²) in [5.41, 5.74) is 1.31. The summed E-state index contributed by atoms with van der Waals surface area (Å²) in [5, 5.41) is 0. The Morgan fingerprint density at radius 3 is 2.55 bits per heavy atom. The number of rotatable bonds is 6. The highest BCUT2D eigenvalue weighted by Gasteiger charge is 2.38. The number of carbonyl (C=O) groups excluding carboxylic acids is 1. The van der Waals surface area contributed by atoms with Crippen LogP contribution in [0.25, 0.3) is 11.3 Å². The Kier molecular flexibility index (Phi) is 5.47. The quantitative estimate of drug-likeness (QED) is 0.629. The number of amides is 1. The molecule has 1 aliphatic heterocycles. The molecule has 1 N–H and O–H groups in total. The van der Waals surface area contributed by atoms with Gasteiger partial charge in [-0.15, -0.1) is 0 Å². The van der Waals surface area contributed by atoms with E-state index in [2.05, 4.69) is 4.98 Å². The van der Waals surface area contributed by atoms with Crippen LogP contribution in [0, 0.1) is 5.82 Å². The molecule has 1 fully saturated rings. The van der Waals surface area contributed by atoms with Gasteiger partial charge in [-0.3, -0.25) is 9.78 Å². The zero-order valence-electron chi connectivity index (χ0n) is 16.4. The minimum absolute atomic E-state index is 0.0310. The highest BCUT2D eigenvalue weighted by Crippen LogP contribution is 2.38. The van der Waals surface area contributed by atoms with Crippen LogP contribution in [0.15, 0.2) is 60.8 Å². The van der Waals surface area contributed by atoms with E-state index in [1.807, 2.05) is 4.72 Å². The van der Waals surface area contributed by atoms with Crippen molar-refractivity contribution in [3.8, 4) is 22.8 Å². The van der Waals surface area contributed by atoms with E-state index in [1.54, 1.807) is 55.8 Å². The summed E-state index contributed by atoms with van der Waals surface area (Å²) in [7, 11) is -2.67. The van der Waals surface area contributed by atoms with Crippen molar-refractivity contribution in [1.82, 2.24) is 9.71 Å². The van der Waals surface area contributed by atoms with Gasteiger partial charge in [-0.2, -0.15) is 8.42 Å². The summed E-state index contributed by atoms with van der Waals surface area (Å²) in [4.78, 5) is 15.9. The second-order valence-electron chi connectivity index (χ2n) is 6.69. The average Bonchev–Trinajstić information content (AvgIpc) is 3.04. The first-order valence-electron chi connectivity index (χ1n) is 9.21. The Labute approximate surface area is 178 Å². The molecule has 2 aromatic carbocycles. The van der Waals surface area contributed by atoms with Crippen LogP contribution in [0.3, 0.4) is 0 Å². The van der Waals surface area contributed by atoms with Crippen LogP contribution >= 0.6 is 0 Å².